The number of hydrogen-bond acceptors (Lipinski definition) is 4. The molecule has 1 aromatic rings. The molecule has 0 amide bonds. The third-order valence-corrected chi connectivity index (χ3v) is 6.20. The Labute approximate surface area is 136 Å². The van der Waals surface area contributed by atoms with Crippen molar-refractivity contribution in [2.45, 2.75) is 49.7 Å². The molecule has 7 heteroatoms. The van der Waals surface area contributed by atoms with Crippen LogP contribution in [0.4, 0.5) is 4.39 Å². The zero-order valence-electron chi connectivity index (χ0n) is 13.2. The van der Waals surface area contributed by atoms with Gasteiger partial charge < -0.3 is 9.47 Å². The first kappa shape index (κ1) is 16.7. The minimum atomic E-state index is -3.70. The van der Waals surface area contributed by atoms with E-state index in [0.717, 1.165) is 31.7 Å². The minimum Gasteiger partial charge on any atom is -0.487 e. The number of halogens is 1. The van der Waals surface area contributed by atoms with E-state index in [1.807, 2.05) is 6.92 Å². The Morgan fingerprint density at radius 2 is 2.04 bits per heavy atom. The topological polar surface area (TPSA) is 55.8 Å². The van der Waals surface area contributed by atoms with Crippen molar-refractivity contribution in [3.8, 4) is 5.75 Å². The quantitative estimate of drug-likeness (QED) is 0.843. The summed E-state index contributed by atoms with van der Waals surface area (Å²) in [6, 6.07) is 3.90. The van der Waals surface area contributed by atoms with Crippen molar-refractivity contribution in [1.82, 2.24) is 4.31 Å². The normalized spacial score (nSPS) is 24.0. The van der Waals surface area contributed by atoms with E-state index in [2.05, 4.69) is 0 Å². The lowest BCUT2D eigenvalue weighted by molar-refractivity contribution is 0.0102. The molecule has 1 aromatic carbocycles. The number of ether oxygens (including phenoxy) is 2. The van der Waals surface area contributed by atoms with Crippen LogP contribution in [0.25, 0.3) is 0 Å². The summed E-state index contributed by atoms with van der Waals surface area (Å²) in [6.07, 6.45) is 3.90. The van der Waals surface area contributed by atoms with Crippen LogP contribution in [0.3, 0.4) is 0 Å². The fraction of sp³-hybridized carbons (Fsp3) is 0.625. The van der Waals surface area contributed by atoms with Gasteiger partial charge in [-0.15, -0.1) is 0 Å². The van der Waals surface area contributed by atoms with Crippen LogP contribution in [0, 0.1) is 5.82 Å². The minimum absolute atomic E-state index is 0.0343. The average Bonchev–Trinajstić information content (AvgIpc) is 3.02. The van der Waals surface area contributed by atoms with Crippen LogP contribution in [-0.2, 0) is 14.8 Å². The smallest absolute Gasteiger partial charge is 0.243 e. The van der Waals surface area contributed by atoms with E-state index in [1.54, 1.807) is 0 Å². The molecule has 0 radical (unpaired) electrons. The highest BCUT2D eigenvalue weighted by atomic mass is 32.2. The monoisotopic (exact) mass is 343 g/mol. The standard InChI is InChI=1S/C16H22FNO4S/c1-12-11-18(8-9-21-12)23(19,20)14-6-7-16(15(17)10-14)22-13-4-2-3-5-13/h6-7,10,12-13H,2-5,8-9,11H2,1H3. The maximum Gasteiger partial charge on any atom is 0.243 e. The van der Waals surface area contributed by atoms with Gasteiger partial charge in [0.25, 0.3) is 0 Å². The van der Waals surface area contributed by atoms with Crippen LogP contribution >= 0.6 is 0 Å². The lowest BCUT2D eigenvalue weighted by Crippen LogP contribution is -2.44. The highest BCUT2D eigenvalue weighted by molar-refractivity contribution is 7.89. The molecule has 1 atom stereocenters. The molecule has 1 saturated carbocycles. The summed E-state index contributed by atoms with van der Waals surface area (Å²) in [7, 11) is -3.70. The van der Waals surface area contributed by atoms with Crippen LogP contribution in [0.5, 0.6) is 5.75 Å². The molecule has 0 N–H and O–H groups in total. The van der Waals surface area contributed by atoms with E-state index in [-0.39, 0.29) is 35.9 Å². The summed E-state index contributed by atoms with van der Waals surface area (Å²) in [6.45, 7) is 2.74. The first-order valence-electron chi connectivity index (χ1n) is 8.05. The zero-order chi connectivity index (χ0) is 16.4. The Morgan fingerprint density at radius 3 is 2.70 bits per heavy atom. The van der Waals surface area contributed by atoms with Crippen LogP contribution in [0.2, 0.25) is 0 Å². The maximum atomic E-state index is 14.2. The lowest BCUT2D eigenvalue weighted by atomic mass is 10.3. The van der Waals surface area contributed by atoms with Crippen molar-refractivity contribution in [2.75, 3.05) is 19.7 Å². The Balaban J connectivity index is 1.78. The van der Waals surface area contributed by atoms with Crippen LogP contribution in [0.1, 0.15) is 32.6 Å². The van der Waals surface area contributed by atoms with Gasteiger partial charge in [0.05, 0.1) is 23.7 Å². The second-order valence-electron chi connectivity index (χ2n) is 6.16. The summed E-state index contributed by atoms with van der Waals surface area (Å²) in [4.78, 5) is -0.0390. The summed E-state index contributed by atoms with van der Waals surface area (Å²) in [5.41, 5.74) is 0. The van der Waals surface area contributed by atoms with Gasteiger partial charge in [0, 0.05) is 13.1 Å². The molecule has 0 aromatic heterocycles. The number of rotatable bonds is 4. The van der Waals surface area contributed by atoms with Gasteiger partial charge >= 0.3 is 0 Å². The number of nitrogens with zero attached hydrogens (tertiary/aromatic N) is 1. The summed E-state index contributed by atoms with van der Waals surface area (Å²) < 4.78 is 51.8. The number of hydrogen-bond donors (Lipinski definition) is 0. The number of benzene rings is 1. The molecule has 5 nitrogen and oxygen atoms in total. The molecule has 1 aliphatic heterocycles. The molecule has 1 saturated heterocycles. The van der Waals surface area contributed by atoms with E-state index < -0.39 is 15.8 Å². The Morgan fingerprint density at radius 1 is 1.30 bits per heavy atom. The van der Waals surface area contributed by atoms with Gasteiger partial charge in [-0.25, -0.2) is 12.8 Å². The molecular weight excluding hydrogens is 321 g/mol. The van der Waals surface area contributed by atoms with Crippen molar-refractivity contribution in [3.05, 3.63) is 24.0 Å². The van der Waals surface area contributed by atoms with Crippen LogP contribution in [-0.4, -0.2) is 44.6 Å². The van der Waals surface area contributed by atoms with E-state index in [1.165, 1.54) is 16.4 Å². The molecular formula is C16H22FNO4S. The third kappa shape index (κ3) is 3.67. The molecule has 2 aliphatic rings. The molecule has 1 unspecified atom stereocenters. The van der Waals surface area contributed by atoms with Crippen molar-refractivity contribution < 1.29 is 22.3 Å². The Hall–Kier alpha value is -1.18. The molecule has 0 bridgehead atoms. The average molecular weight is 343 g/mol. The van der Waals surface area contributed by atoms with Gasteiger partial charge in [-0.05, 0) is 50.8 Å². The molecule has 1 heterocycles. The summed E-state index contributed by atoms with van der Waals surface area (Å²) in [5.74, 6) is -0.495. The van der Waals surface area contributed by atoms with Gasteiger partial charge in [0.1, 0.15) is 0 Å². The second-order valence-corrected chi connectivity index (χ2v) is 8.10. The molecule has 3 rings (SSSR count). The van der Waals surface area contributed by atoms with Crippen molar-refractivity contribution >= 4 is 10.0 Å². The van der Waals surface area contributed by atoms with Crippen molar-refractivity contribution in [2.24, 2.45) is 0 Å². The predicted octanol–water partition coefficient (Wildman–Crippen LogP) is 2.56. The molecule has 128 valence electrons. The first-order chi connectivity index (χ1) is 11.0. The van der Waals surface area contributed by atoms with Gasteiger partial charge in [-0.1, -0.05) is 0 Å². The van der Waals surface area contributed by atoms with E-state index in [0.29, 0.717) is 6.61 Å². The van der Waals surface area contributed by atoms with E-state index in [4.69, 9.17) is 9.47 Å². The Kier molecular flexibility index (Phi) is 4.89. The van der Waals surface area contributed by atoms with Crippen LogP contribution in [0.15, 0.2) is 23.1 Å². The Bertz CT molecular complexity index is 658. The molecule has 23 heavy (non-hydrogen) atoms. The SMILES string of the molecule is CC1CN(S(=O)(=O)c2ccc(OC3CCCC3)c(F)c2)CCO1. The number of sulfonamides is 1. The fourth-order valence-electron chi connectivity index (χ4n) is 3.08. The van der Waals surface area contributed by atoms with Gasteiger partial charge in [-0.3, -0.25) is 0 Å². The summed E-state index contributed by atoms with van der Waals surface area (Å²) >= 11 is 0. The highest BCUT2D eigenvalue weighted by Crippen LogP contribution is 2.28. The first-order valence-corrected chi connectivity index (χ1v) is 9.49. The lowest BCUT2D eigenvalue weighted by Gasteiger charge is -2.30. The van der Waals surface area contributed by atoms with Crippen molar-refractivity contribution in [3.63, 3.8) is 0 Å². The van der Waals surface area contributed by atoms with E-state index in [9.17, 15) is 12.8 Å². The van der Waals surface area contributed by atoms with Gasteiger partial charge in [-0.2, -0.15) is 4.31 Å². The zero-order valence-corrected chi connectivity index (χ0v) is 14.0. The highest BCUT2D eigenvalue weighted by Gasteiger charge is 2.30. The van der Waals surface area contributed by atoms with Gasteiger partial charge in [0.15, 0.2) is 11.6 Å². The predicted molar refractivity (Wildman–Crippen MR) is 83.5 cm³/mol. The van der Waals surface area contributed by atoms with Crippen LogP contribution < -0.4 is 4.74 Å². The molecule has 2 fully saturated rings. The maximum absolute atomic E-state index is 14.2. The number of morpholine rings is 1. The largest absolute Gasteiger partial charge is 0.487 e. The van der Waals surface area contributed by atoms with E-state index >= 15 is 0 Å². The third-order valence-electron chi connectivity index (χ3n) is 4.34. The second kappa shape index (κ2) is 6.75. The summed E-state index contributed by atoms with van der Waals surface area (Å²) in [5, 5.41) is 0. The molecule has 1 aliphatic carbocycles. The fourth-order valence-corrected chi connectivity index (χ4v) is 4.59. The van der Waals surface area contributed by atoms with Gasteiger partial charge in [0.2, 0.25) is 10.0 Å². The van der Waals surface area contributed by atoms with Crippen molar-refractivity contribution in [1.29, 1.82) is 0 Å². The molecule has 0 spiro atoms.